The minimum Gasteiger partial charge on any atom is -0.373 e. The third-order valence-electron chi connectivity index (χ3n) is 4.86. The molecule has 2 atom stereocenters. The molecule has 76 valence electrons. The largest absolute Gasteiger partial charge is 0.373 e. The third kappa shape index (κ3) is 0.599. The summed E-state index contributed by atoms with van der Waals surface area (Å²) in [7, 11) is 0. The van der Waals surface area contributed by atoms with Crippen LogP contribution in [0, 0.1) is 16.2 Å². The van der Waals surface area contributed by atoms with Crippen molar-refractivity contribution < 1.29 is 9.47 Å². The number of hydrogen-bond acceptors (Lipinski definition) is 3. The molecule has 3 nitrogen and oxygen atoms in total. The standard InChI is InChI=1S/C11H15NO2/c12-5-11-8(9(1-2-9)6-14-11)13-7-10(11)3-4-10/h5,8,12H,1-4,6-7H2. The zero-order chi connectivity index (χ0) is 9.44. The maximum Gasteiger partial charge on any atom is 0.137 e. The van der Waals surface area contributed by atoms with Gasteiger partial charge in [0.2, 0.25) is 0 Å². The van der Waals surface area contributed by atoms with E-state index in [0.29, 0.717) is 5.41 Å². The molecule has 2 saturated carbocycles. The summed E-state index contributed by atoms with van der Waals surface area (Å²) in [6.45, 7) is 1.66. The monoisotopic (exact) mass is 193 g/mol. The first kappa shape index (κ1) is 7.83. The summed E-state index contributed by atoms with van der Waals surface area (Å²) >= 11 is 0. The predicted octanol–water partition coefficient (Wildman–Crippen LogP) is 1.36. The first-order chi connectivity index (χ1) is 6.77. The molecule has 0 bridgehead atoms. The van der Waals surface area contributed by atoms with E-state index in [1.165, 1.54) is 25.7 Å². The average molecular weight is 193 g/mol. The minimum atomic E-state index is -0.330. The molecule has 4 fully saturated rings. The van der Waals surface area contributed by atoms with Gasteiger partial charge in [-0.3, -0.25) is 0 Å². The van der Waals surface area contributed by atoms with E-state index in [1.54, 1.807) is 6.21 Å². The van der Waals surface area contributed by atoms with E-state index < -0.39 is 0 Å². The summed E-state index contributed by atoms with van der Waals surface area (Å²) in [6.07, 6.45) is 6.61. The van der Waals surface area contributed by atoms with Crippen molar-refractivity contribution in [1.29, 1.82) is 5.41 Å². The smallest absolute Gasteiger partial charge is 0.137 e. The highest BCUT2D eigenvalue weighted by atomic mass is 16.6. The molecule has 0 aromatic rings. The molecule has 0 aromatic carbocycles. The van der Waals surface area contributed by atoms with Crippen molar-refractivity contribution >= 4 is 6.21 Å². The van der Waals surface area contributed by atoms with Gasteiger partial charge in [0.05, 0.1) is 13.2 Å². The van der Waals surface area contributed by atoms with Gasteiger partial charge < -0.3 is 14.9 Å². The van der Waals surface area contributed by atoms with E-state index in [2.05, 4.69) is 0 Å². The van der Waals surface area contributed by atoms with Crippen LogP contribution >= 0.6 is 0 Å². The maximum absolute atomic E-state index is 7.69. The van der Waals surface area contributed by atoms with Gasteiger partial charge in [-0.15, -0.1) is 0 Å². The maximum atomic E-state index is 7.69. The van der Waals surface area contributed by atoms with Crippen LogP contribution in [0.15, 0.2) is 0 Å². The van der Waals surface area contributed by atoms with Crippen LogP contribution in [-0.2, 0) is 9.47 Å². The molecule has 2 spiro atoms. The highest BCUT2D eigenvalue weighted by Gasteiger charge is 2.77. The predicted molar refractivity (Wildman–Crippen MR) is 50.5 cm³/mol. The molecule has 0 radical (unpaired) electrons. The lowest BCUT2D eigenvalue weighted by molar-refractivity contribution is 0.0107. The molecule has 14 heavy (non-hydrogen) atoms. The molecule has 3 heteroatoms. The van der Waals surface area contributed by atoms with Gasteiger partial charge in [0.1, 0.15) is 11.7 Å². The molecule has 0 aromatic heterocycles. The van der Waals surface area contributed by atoms with Crippen molar-refractivity contribution in [1.82, 2.24) is 0 Å². The molecule has 2 heterocycles. The summed E-state index contributed by atoms with van der Waals surface area (Å²) in [4.78, 5) is 0. The molecule has 0 amide bonds. The van der Waals surface area contributed by atoms with Crippen molar-refractivity contribution in [2.75, 3.05) is 13.2 Å². The molecule has 2 aliphatic carbocycles. The van der Waals surface area contributed by atoms with E-state index >= 15 is 0 Å². The Bertz CT molecular complexity index is 319. The van der Waals surface area contributed by atoms with Crippen LogP contribution in [0.5, 0.6) is 0 Å². The molecular weight excluding hydrogens is 178 g/mol. The number of nitrogens with one attached hydrogen (secondary N) is 1. The van der Waals surface area contributed by atoms with Crippen LogP contribution in [0.25, 0.3) is 0 Å². The van der Waals surface area contributed by atoms with Crippen molar-refractivity contribution in [3.05, 3.63) is 0 Å². The van der Waals surface area contributed by atoms with Crippen LogP contribution < -0.4 is 0 Å². The number of rotatable bonds is 1. The Labute approximate surface area is 83.3 Å². The van der Waals surface area contributed by atoms with Crippen molar-refractivity contribution in [2.45, 2.75) is 37.4 Å². The topological polar surface area (TPSA) is 42.3 Å². The second-order valence-electron chi connectivity index (χ2n) is 5.56. The lowest BCUT2D eigenvalue weighted by atomic mass is 9.80. The third-order valence-corrected chi connectivity index (χ3v) is 4.86. The second kappa shape index (κ2) is 1.93. The molecule has 2 unspecified atom stereocenters. The molecule has 4 rings (SSSR count). The lowest BCUT2D eigenvalue weighted by Crippen LogP contribution is -2.46. The van der Waals surface area contributed by atoms with Crippen LogP contribution in [0.4, 0.5) is 0 Å². The van der Waals surface area contributed by atoms with E-state index in [0.717, 1.165) is 13.2 Å². The van der Waals surface area contributed by atoms with Crippen molar-refractivity contribution in [2.24, 2.45) is 10.8 Å². The van der Waals surface area contributed by atoms with Gasteiger partial charge in [0.15, 0.2) is 0 Å². The van der Waals surface area contributed by atoms with Crippen LogP contribution in [0.2, 0.25) is 0 Å². The molecule has 1 N–H and O–H groups in total. The van der Waals surface area contributed by atoms with Gasteiger partial charge in [-0.25, -0.2) is 0 Å². The Kier molecular flexibility index (Phi) is 1.08. The van der Waals surface area contributed by atoms with Crippen LogP contribution in [0.3, 0.4) is 0 Å². The van der Waals surface area contributed by atoms with E-state index in [1.807, 2.05) is 0 Å². The summed E-state index contributed by atoms with van der Waals surface area (Å²) < 4.78 is 12.0. The summed E-state index contributed by atoms with van der Waals surface area (Å²) in [5.74, 6) is 0. The molecule has 2 aliphatic heterocycles. The Morgan fingerprint density at radius 3 is 2.50 bits per heavy atom. The van der Waals surface area contributed by atoms with Crippen molar-refractivity contribution in [3.63, 3.8) is 0 Å². The zero-order valence-electron chi connectivity index (χ0n) is 8.21. The summed E-state index contributed by atoms with van der Waals surface area (Å²) in [5.41, 5.74) is 0.179. The van der Waals surface area contributed by atoms with Gasteiger partial charge in [0, 0.05) is 17.0 Å². The van der Waals surface area contributed by atoms with Crippen LogP contribution in [0.1, 0.15) is 25.7 Å². The first-order valence-corrected chi connectivity index (χ1v) is 5.54. The van der Waals surface area contributed by atoms with E-state index in [9.17, 15) is 0 Å². The first-order valence-electron chi connectivity index (χ1n) is 5.54. The Morgan fingerprint density at radius 2 is 1.93 bits per heavy atom. The van der Waals surface area contributed by atoms with Gasteiger partial charge in [-0.1, -0.05) is 0 Å². The highest BCUT2D eigenvalue weighted by Crippen LogP contribution is 2.70. The number of hydrogen-bond donors (Lipinski definition) is 1. The zero-order valence-corrected chi connectivity index (χ0v) is 8.21. The van der Waals surface area contributed by atoms with E-state index in [-0.39, 0.29) is 17.1 Å². The lowest BCUT2D eigenvalue weighted by Gasteiger charge is -2.28. The number of ether oxygens (including phenoxy) is 2. The Balaban J connectivity index is 1.83. The highest BCUT2D eigenvalue weighted by molar-refractivity contribution is 5.72. The fourth-order valence-corrected chi connectivity index (χ4v) is 3.48. The minimum absolute atomic E-state index is 0.200. The quantitative estimate of drug-likeness (QED) is 0.639. The fourth-order valence-electron chi connectivity index (χ4n) is 3.48. The Hall–Kier alpha value is -0.410. The van der Waals surface area contributed by atoms with Crippen LogP contribution in [-0.4, -0.2) is 31.1 Å². The summed E-state index contributed by atoms with van der Waals surface area (Å²) in [5, 5.41) is 7.69. The molecule has 2 saturated heterocycles. The average Bonchev–Trinajstić information content (AvgIpc) is 3.04. The fraction of sp³-hybridized carbons (Fsp3) is 0.909. The second-order valence-corrected chi connectivity index (χ2v) is 5.56. The normalized spacial score (nSPS) is 49.6. The SMILES string of the molecule is N=CC12OCC3(CC3)C1OCC21CC1. The number of fused-ring (bicyclic) bond motifs is 3. The van der Waals surface area contributed by atoms with E-state index in [4.69, 9.17) is 14.9 Å². The Morgan fingerprint density at radius 1 is 1.14 bits per heavy atom. The van der Waals surface area contributed by atoms with Gasteiger partial charge in [-0.05, 0) is 25.7 Å². The van der Waals surface area contributed by atoms with Gasteiger partial charge in [0.25, 0.3) is 0 Å². The summed E-state index contributed by atoms with van der Waals surface area (Å²) in [6, 6.07) is 0. The molecule has 4 aliphatic rings. The molecular formula is C11H15NO2. The van der Waals surface area contributed by atoms with Crippen molar-refractivity contribution in [3.8, 4) is 0 Å². The van der Waals surface area contributed by atoms with Gasteiger partial charge in [-0.2, -0.15) is 0 Å². The van der Waals surface area contributed by atoms with Gasteiger partial charge >= 0.3 is 0 Å².